The van der Waals surface area contributed by atoms with Gasteiger partial charge in [0.1, 0.15) is 0 Å². The molecule has 190 valence electrons. The van der Waals surface area contributed by atoms with E-state index in [1.807, 2.05) is 6.92 Å². The lowest BCUT2D eigenvalue weighted by atomic mass is 10.1. The highest BCUT2D eigenvalue weighted by Gasteiger charge is 2.28. The fourth-order valence-electron chi connectivity index (χ4n) is 3.87. The van der Waals surface area contributed by atoms with Crippen molar-refractivity contribution in [3.63, 3.8) is 0 Å². The summed E-state index contributed by atoms with van der Waals surface area (Å²) in [6.45, 7) is 4.48. The predicted molar refractivity (Wildman–Crippen MR) is 141 cm³/mol. The summed E-state index contributed by atoms with van der Waals surface area (Å²) in [4.78, 5) is 13.0. The van der Waals surface area contributed by atoms with Gasteiger partial charge in [0.15, 0.2) is 0 Å². The number of sulfonamides is 2. The van der Waals surface area contributed by atoms with Gasteiger partial charge in [0, 0.05) is 29.4 Å². The minimum Gasteiger partial charge on any atom is -0.322 e. The Morgan fingerprint density at radius 3 is 2.03 bits per heavy atom. The van der Waals surface area contributed by atoms with E-state index in [0.717, 1.165) is 18.4 Å². The van der Waals surface area contributed by atoms with Gasteiger partial charge >= 0.3 is 0 Å². The smallest absolute Gasteiger partial charge is 0.261 e. The molecule has 0 spiro atoms. The van der Waals surface area contributed by atoms with Gasteiger partial charge in [-0.2, -0.15) is 4.31 Å². The van der Waals surface area contributed by atoms with Crippen LogP contribution >= 0.6 is 11.6 Å². The van der Waals surface area contributed by atoms with E-state index in [4.69, 9.17) is 11.6 Å². The number of nitrogens with zero attached hydrogens (tertiary/aromatic N) is 1. The SMILES string of the molecule is Cc1ccc(NS(=O)(=O)c2ccc(NC(=O)c3cc(S(=O)(=O)N4CCCC4)ccc3C)cc2)cc1Cl. The number of carbonyl (C=O) groups excluding carboxylic acids is 1. The molecule has 1 saturated heterocycles. The summed E-state index contributed by atoms with van der Waals surface area (Å²) in [7, 11) is -7.54. The van der Waals surface area contributed by atoms with Crippen LogP contribution in [0.25, 0.3) is 0 Å². The number of hydrogen-bond acceptors (Lipinski definition) is 5. The summed E-state index contributed by atoms with van der Waals surface area (Å²) in [5.74, 6) is -0.492. The molecule has 11 heteroatoms. The minimum atomic E-state index is -3.87. The third-order valence-corrected chi connectivity index (χ3v) is 9.70. The van der Waals surface area contributed by atoms with Crippen LogP contribution in [-0.4, -0.2) is 40.1 Å². The third-order valence-electron chi connectivity index (χ3n) is 6.00. The fourth-order valence-corrected chi connectivity index (χ4v) is 6.64. The Bertz CT molecular complexity index is 1520. The van der Waals surface area contributed by atoms with E-state index < -0.39 is 26.0 Å². The molecule has 1 fully saturated rings. The van der Waals surface area contributed by atoms with E-state index in [1.54, 1.807) is 25.1 Å². The van der Waals surface area contributed by atoms with Gasteiger partial charge in [-0.05, 0) is 86.3 Å². The number of hydrogen-bond donors (Lipinski definition) is 2. The standard InChI is InChI=1S/C25H26ClN3O5S2/c1-17-6-10-22(36(33,34)29-13-3-4-14-29)16-23(17)25(30)27-19-8-11-21(12-9-19)35(31,32)28-20-7-5-18(2)24(26)15-20/h5-12,15-16,28H,3-4,13-14H2,1-2H3,(H,27,30). The van der Waals surface area contributed by atoms with Gasteiger partial charge < -0.3 is 5.32 Å². The van der Waals surface area contributed by atoms with Crippen molar-refractivity contribution in [1.82, 2.24) is 4.31 Å². The largest absolute Gasteiger partial charge is 0.322 e. The van der Waals surface area contributed by atoms with Crippen molar-refractivity contribution in [1.29, 1.82) is 0 Å². The number of benzene rings is 3. The molecule has 3 aromatic rings. The Morgan fingerprint density at radius 2 is 1.39 bits per heavy atom. The normalized spacial score (nSPS) is 14.5. The van der Waals surface area contributed by atoms with E-state index in [-0.39, 0.29) is 15.4 Å². The molecule has 0 radical (unpaired) electrons. The minimum absolute atomic E-state index is 0.00656. The molecule has 1 amide bonds. The maximum Gasteiger partial charge on any atom is 0.261 e. The summed E-state index contributed by atoms with van der Waals surface area (Å²) in [6, 6.07) is 15.0. The molecule has 8 nitrogen and oxygen atoms in total. The first-order valence-electron chi connectivity index (χ1n) is 11.3. The van der Waals surface area contributed by atoms with Crippen molar-refractivity contribution in [3.8, 4) is 0 Å². The molecule has 4 rings (SSSR count). The second kappa shape index (κ2) is 10.2. The van der Waals surface area contributed by atoms with Crippen LogP contribution in [0.2, 0.25) is 5.02 Å². The monoisotopic (exact) mass is 547 g/mol. The summed E-state index contributed by atoms with van der Waals surface area (Å²) in [5, 5.41) is 3.15. The zero-order valence-electron chi connectivity index (χ0n) is 19.8. The zero-order chi connectivity index (χ0) is 26.1. The number of amides is 1. The number of carbonyl (C=O) groups is 1. The molecular formula is C25H26ClN3O5S2. The molecule has 0 bridgehead atoms. The summed E-state index contributed by atoms with van der Waals surface area (Å²) < 4.78 is 55.2. The van der Waals surface area contributed by atoms with Crippen molar-refractivity contribution in [2.75, 3.05) is 23.1 Å². The van der Waals surface area contributed by atoms with Gasteiger partial charge in [-0.1, -0.05) is 23.7 Å². The number of nitrogens with one attached hydrogen (secondary N) is 2. The second-order valence-corrected chi connectivity index (χ2v) is 12.7. The Kier molecular flexibility index (Phi) is 7.42. The van der Waals surface area contributed by atoms with Crippen LogP contribution in [0.1, 0.15) is 34.3 Å². The summed E-state index contributed by atoms with van der Waals surface area (Å²) in [6.07, 6.45) is 1.64. The maximum atomic E-state index is 13.0. The van der Waals surface area contributed by atoms with Crippen molar-refractivity contribution < 1.29 is 21.6 Å². The molecule has 0 atom stereocenters. The molecule has 1 aliphatic rings. The van der Waals surface area contributed by atoms with Crippen molar-refractivity contribution in [3.05, 3.63) is 82.4 Å². The van der Waals surface area contributed by atoms with Gasteiger partial charge in [0.05, 0.1) is 15.5 Å². The molecule has 0 saturated carbocycles. The molecule has 2 N–H and O–H groups in total. The number of anilines is 2. The van der Waals surface area contributed by atoms with E-state index in [2.05, 4.69) is 10.0 Å². The number of halogens is 1. The van der Waals surface area contributed by atoms with Gasteiger partial charge in [-0.25, -0.2) is 16.8 Å². The van der Waals surface area contributed by atoms with Crippen LogP contribution in [0.3, 0.4) is 0 Å². The third kappa shape index (κ3) is 5.57. The van der Waals surface area contributed by atoms with Gasteiger partial charge in [0.2, 0.25) is 10.0 Å². The Labute approximate surface area is 216 Å². The fraction of sp³-hybridized carbons (Fsp3) is 0.240. The predicted octanol–water partition coefficient (Wildman–Crippen LogP) is 4.79. The average Bonchev–Trinajstić information content (AvgIpc) is 3.38. The van der Waals surface area contributed by atoms with E-state index in [9.17, 15) is 21.6 Å². The first-order valence-corrected chi connectivity index (χ1v) is 14.6. The van der Waals surface area contributed by atoms with Crippen LogP contribution < -0.4 is 10.0 Å². The molecule has 3 aromatic carbocycles. The van der Waals surface area contributed by atoms with Crippen LogP contribution in [0.5, 0.6) is 0 Å². The zero-order valence-corrected chi connectivity index (χ0v) is 22.2. The second-order valence-electron chi connectivity index (χ2n) is 8.64. The lowest BCUT2D eigenvalue weighted by Crippen LogP contribution is -2.28. The lowest BCUT2D eigenvalue weighted by molar-refractivity contribution is 0.102. The molecule has 36 heavy (non-hydrogen) atoms. The van der Waals surface area contributed by atoms with Gasteiger partial charge in [-0.3, -0.25) is 9.52 Å². The highest BCUT2D eigenvalue weighted by atomic mass is 35.5. The van der Waals surface area contributed by atoms with E-state index in [1.165, 1.54) is 46.8 Å². The summed E-state index contributed by atoms with van der Waals surface area (Å²) >= 11 is 6.08. The Balaban J connectivity index is 1.50. The number of rotatable bonds is 7. The molecule has 0 aliphatic carbocycles. The molecule has 1 aliphatic heterocycles. The molecule has 0 unspecified atom stereocenters. The van der Waals surface area contributed by atoms with Crippen LogP contribution in [0.4, 0.5) is 11.4 Å². The Hall–Kier alpha value is -2.92. The van der Waals surface area contributed by atoms with E-state index in [0.29, 0.717) is 35.1 Å². The average molecular weight is 548 g/mol. The van der Waals surface area contributed by atoms with Crippen molar-refractivity contribution in [2.24, 2.45) is 0 Å². The first kappa shape index (κ1) is 26.2. The highest BCUT2D eigenvalue weighted by Crippen LogP contribution is 2.25. The quantitative estimate of drug-likeness (QED) is 0.441. The Morgan fingerprint density at radius 1 is 0.806 bits per heavy atom. The van der Waals surface area contributed by atoms with Crippen molar-refractivity contribution >= 4 is 48.9 Å². The van der Waals surface area contributed by atoms with Crippen LogP contribution in [-0.2, 0) is 20.0 Å². The molecule has 1 heterocycles. The van der Waals surface area contributed by atoms with Gasteiger partial charge in [0.25, 0.3) is 15.9 Å². The number of aryl methyl sites for hydroxylation is 2. The van der Waals surface area contributed by atoms with Gasteiger partial charge in [-0.15, -0.1) is 0 Å². The van der Waals surface area contributed by atoms with Crippen molar-refractivity contribution in [2.45, 2.75) is 36.5 Å². The molecule has 0 aromatic heterocycles. The first-order chi connectivity index (χ1) is 17.0. The maximum absolute atomic E-state index is 13.0. The van der Waals surface area contributed by atoms with E-state index >= 15 is 0 Å². The van der Waals surface area contributed by atoms with Crippen LogP contribution in [0, 0.1) is 13.8 Å². The summed E-state index contributed by atoms with van der Waals surface area (Å²) in [5.41, 5.74) is 2.37. The topological polar surface area (TPSA) is 113 Å². The highest BCUT2D eigenvalue weighted by molar-refractivity contribution is 7.92. The van der Waals surface area contributed by atoms with Crippen LogP contribution in [0.15, 0.2) is 70.5 Å². The molecular weight excluding hydrogens is 522 g/mol. The lowest BCUT2D eigenvalue weighted by Gasteiger charge is -2.17.